The highest BCUT2D eigenvalue weighted by atomic mass is 35.5. The molecule has 0 saturated heterocycles. The van der Waals surface area contributed by atoms with Crippen molar-refractivity contribution in [2.45, 2.75) is 6.43 Å². The van der Waals surface area contributed by atoms with E-state index < -0.39 is 34.5 Å². The van der Waals surface area contributed by atoms with Crippen LogP contribution in [-0.2, 0) is 0 Å². The van der Waals surface area contributed by atoms with Crippen LogP contribution in [0.5, 0.6) is 5.75 Å². The predicted octanol–water partition coefficient (Wildman–Crippen LogP) is 2.24. The molecule has 0 atom stereocenters. The lowest BCUT2D eigenvalue weighted by Gasteiger charge is -2.06. The Kier molecular flexibility index (Phi) is 2.95. The van der Waals surface area contributed by atoms with E-state index in [0.717, 1.165) is 0 Å². The molecule has 14 heavy (non-hydrogen) atoms. The highest BCUT2D eigenvalue weighted by Gasteiger charge is 2.24. The van der Waals surface area contributed by atoms with Crippen molar-refractivity contribution >= 4 is 16.8 Å². The normalized spacial score (nSPS) is 10.6. The van der Waals surface area contributed by atoms with Gasteiger partial charge in [-0.25, -0.2) is 13.8 Å². The second kappa shape index (κ2) is 3.83. The fourth-order valence-electron chi connectivity index (χ4n) is 0.864. The number of rotatable bonds is 2. The summed E-state index contributed by atoms with van der Waals surface area (Å²) < 4.78 is 37.0. The topological polar surface area (TPSA) is 50.2 Å². The zero-order valence-electron chi connectivity index (χ0n) is 6.47. The first-order chi connectivity index (χ1) is 6.45. The van der Waals surface area contributed by atoms with Gasteiger partial charge >= 0.3 is 0 Å². The van der Waals surface area contributed by atoms with E-state index in [9.17, 15) is 18.0 Å². The number of aromatic hydroxyl groups is 1. The minimum absolute atomic E-state index is 0.454. The number of hydrogen-bond donors (Lipinski definition) is 1. The zero-order valence-corrected chi connectivity index (χ0v) is 7.23. The molecule has 1 aromatic rings. The minimum Gasteiger partial charge on any atom is -0.503 e. The summed E-state index contributed by atoms with van der Waals surface area (Å²) in [6.07, 6.45) is -2.61. The van der Waals surface area contributed by atoms with Gasteiger partial charge in [0.25, 0.3) is 17.6 Å². The van der Waals surface area contributed by atoms with Crippen molar-refractivity contribution in [3.63, 3.8) is 0 Å². The summed E-state index contributed by atoms with van der Waals surface area (Å²) in [7, 11) is 0. The summed E-state index contributed by atoms with van der Waals surface area (Å²) in [6.45, 7) is 0. The van der Waals surface area contributed by atoms with Crippen LogP contribution in [0.15, 0.2) is 6.20 Å². The van der Waals surface area contributed by atoms with Crippen LogP contribution in [0.2, 0.25) is 0 Å². The Hall–Kier alpha value is -1.30. The fourth-order valence-corrected chi connectivity index (χ4v) is 1.06. The van der Waals surface area contributed by atoms with Gasteiger partial charge in [0, 0.05) is 6.20 Å². The second-order valence-corrected chi connectivity index (χ2v) is 2.65. The van der Waals surface area contributed by atoms with E-state index in [0.29, 0.717) is 6.20 Å². The van der Waals surface area contributed by atoms with Crippen molar-refractivity contribution in [1.82, 2.24) is 4.98 Å². The smallest absolute Gasteiger partial charge is 0.266 e. The Bertz CT molecular complexity index is 383. The molecule has 1 aromatic heterocycles. The van der Waals surface area contributed by atoms with Crippen LogP contribution in [0.3, 0.4) is 0 Å². The zero-order chi connectivity index (χ0) is 10.9. The van der Waals surface area contributed by atoms with E-state index in [1.807, 2.05) is 0 Å². The van der Waals surface area contributed by atoms with Gasteiger partial charge in [-0.15, -0.1) is 0 Å². The van der Waals surface area contributed by atoms with Crippen LogP contribution in [0.25, 0.3) is 0 Å². The highest BCUT2D eigenvalue weighted by molar-refractivity contribution is 6.68. The summed E-state index contributed by atoms with van der Waals surface area (Å²) in [5.74, 6) is -2.68. The number of pyridine rings is 1. The quantitative estimate of drug-likeness (QED) is 0.620. The molecule has 0 aliphatic heterocycles. The van der Waals surface area contributed by atoms with Crippen LogP contribution >= 0.6 is 11.6 Å². The van der Waals surface area contributed by atoms with Gasteiger partial charge in [-0.05, 0) is 11.6 Å². The molecule has 0 radical (unpaired) electrons. The Labute approximate surface area is 81.1 Å². The van der Waals surface area contributed by atoms with Gasteiger partial charge in [-0.2, -0.15) is 4.39 Å². The Morgan fingerprint density at radius 3 is 2.57 bits per heavy atom. The van der Waals surface area contributed by atoms with E-state index in [2.05, 4.69) is 4.98 Å². The van der Waals surface area contributed by atoms with Crippen LogP contribution in [-0.4, -0.2) is 15.3 Å². The lowest BCUT2D eigenvalue weighted by Crippen LogP contribution is -2.02. The van der Waals surface area contributed by atoms with Crippen LogP contribution in [0.1, 0.15) is 22.3 Å². The van der Waals surface area contributed by atoms with Gasteiger partial charge in [0.2, 0.25) is 0 Å². The summed E-state index contributed by atoms with van der Waals surface area (Å²) in [6, 6.07) is 0. The summed E-state index contributed by atoms with van der Waals surface area (Å²) in [5.41, 5.74) is -1.85. The van der Waals surface area contributed by atoms with E-state index in [-0.39, 0.29) is 0 Å². The molecule has 0 amide bonds. The number of halogens is 4. The standard InChI is InChI=1S/C7H3ClF3NO2/c8-5(14)3-2(6(9)10)1-12-7(11)4(3)13/h1,6,13H. The molecule has 0 spiro atoms. The molecular weight excluding hydrogens is 223 g/mol. The maximum Gasteiger partial charge on any atom is 0.266 e. The monoisotopic (exact) mass is 225 g/mol. The third kappa shape index (κ3) is 1.79. The van der Waals surface area contributed by atoms with Crippen molar-refractivity contribution in [2.75, 3.05) is 0 Å². The van der Waals surface area contributed by atoms with Gasteiger partial charge in [0.05, 0.1) is 11.1 Å². The first kappa shape index (κ1) is 10.8. The lowest BCUT2D eigenvalue weighted by atomic mass is 10.1. The molecule has 1 N–H and O–H groups in total. The van der Waals surface area contributed by atoms with E-state index in [1.165, 1.54) is 0 Å². The molecule has 0 fully saturated rings. The van der Waals surface area contributed by atoms with Gasteiger partial charge in [0.1, 0.15) is 0 Å². The molecule has 0 bridgehead atoms. The predicted molar refractivity (Wildman–Crippen MR) is 41.0 cm³/mol. The Morgan fingerprint density at radius 2 is 2.14 bits per heavy atom. The van der Waals surface area contributed by atoms with Gasteiger partial charge < -0.3 is 5.11 Å². The largest absolute Gasteiger partial charge is 0.503 e. The number of hydrogen-bond acceptors (Lipinski definition) is 3. The van der Waals surface area contributed by atoms with Crippen molar-refractivity contribution in [3.8, 4) is 5.75 Å². The van der Waals surface area contributed by atoms with Crippen molar-refractivity contribution < 1.29 is 23.1 Å². The molecule has 0 unspecified atom stereocenters. The fraction of sp³-hybridized carbons (Fsp3) is 0.143. The van der Waals surface area contributed by atoms with Crippen LogP contribution in [0.4, 0.5) is 13.2 Å². The molecule has 0 aromatic carbocycles. The van der Waals surface area contributed by atoms with E-state index >= 15 is 0 Å². The molecule has 1 rings (SSSR count). The molecule has 0 aliphatic rings. The first-order valence-electron chi connectivity index (χ1n) is 3.30. The van der Waals surface area contributed by atoms with Crippen LogP contribution in [0, 0.1) is 5.95 Å². The number of alkyl halides is 2. The van der Waals surface area contributed by atoms with E-state index in [4.69, 9.17) is 16.7 Å². The maximum absolute atomic E-state index is 12.6. The third-order valence-corrected chi connectivity index (χ3v) is 1.66. The Morgan fingerprint density at radius 1 is 1.57 bits per heavy atom. The van der Waals surface area contributed by atoms with Gasteiger partial charge in [0.15, 0.2) is 5.75 Å². The number of aromatic nitrogens is 1. The van der Waals surface area contributed by atoms with E-state index in [1.54, 1.807) is 0 Å². The average molecular weight is 226 g/mol. The minimum atomic E-state index is -3.06. The van der Waals surface area contributed by atoms with Gasteiger partial charge in [-0.1, -0.05) is 0 Å². The van der Waals surface area contributed by atoms with Gasteiger partial charge in [-0.3, -0.25) is 4.79 Å². The third-order valence-electron chi connectivity index (χ3n) is 1.47. The molecule has 76 valence electrons. The van der Waals surface area contributed by atoms with Crippen LogP contribution < -0.4 is 0 Å². The molecule has 1 heterocycles. The number of nitrogens with zero attached hydrogens (tertiary/aromatic N) is 1. The highest BCUT2D eigenvalue weighted by Crippen LogP contribution is 2.30. The SMILES string of the molecule is O=C(Cl)c1c(C(F)F)cnc(F)c1O. The van der Waals surface area contributed by atoms with Crippen molar-refractivity contribution in [2.24, 2.45) is 0 Å². The molecule has 0 saturated carbocycles. The lowest BCUT2D eigenvalue weighted by molar-refractivity contribution is 0.106. The molecular formula is C7H3ClF3NO2. The number of carbonyl (C=O) groups is 1. The van der Waals surface area contributed by atoms with Crippen molar-refractivity contribution in [3.05, 3.63) is 23.3 Å². The first-order valence-corrected chi connectivity index (χ1v) is 3.68. The Balaban J connectivity index is 3.45. The summed E-state index contributed by atoms with van der Waals surface area (Å²) in [4.78, 5) is 13.5. The number of carbonyl (C=O) groups excluding carboxylic acids is 1. The molecule has 3 nitrogen and oxygen atoms in total. The second-order valence-electron chi connectivity index (χ2n) is 2.30. The summed E-state index contributed by atoms with van der Waals surface area (Å²) in [5, 5.41) is 7.56. The average Bonchev–Trinajstić information content (AvgIpc) is 2.08. The summed E-state index contributed by atoms with van der Waals surface area (Å²) >= 11 is 4.90. The molecule has 0 aliphatic carbocycles. The van der Waals surface area contributed by atoms with Crippen molar-refractivity contribution in [1.29, 1.82) is 0 Å². The molecule has 7 heteroatoms. The maximum atomic E-state index is 12.6.